The molecule has 3 saturated heterocycles. The second kappa shape index (κ2) is 11.6. The summed E-state index contributed by atoms with van der Waals surface area (Å²) in [6.07, 6.45) is 4.15. The summed E-state index contributed by atoms with van der Waals surface area (Å²) >= 11 is 0. The van der Waals surface area contributed by atoms with E-state index in [1.54, 1.807) is 0 Å². The maximum atomic E-state index is 3.03. The van der Waals surface area contributed by atoms with Gasteiger partial charge in [-0.05, 0) is 92.2 Å². The molecule has 0 N–H and O–H groups in total. The van der Waals surface area contributed by atoms with Gasteiger partial charge in [0.25, 0.3) is 0 Å². The fourth-order valence-electron chi connectivity index (χ4n) is 7.56. The minimum atomic E-state index is 0.475. The molecule has 3 heterocycles. The topological polar surface area (TPSA) is 9.72 Å². The molecular weight excluding hydrogens is 413 g/mol. The molecule has 0 aliphatic carbocycles. The predicted molar refractivity (Wildman–Crippen MR) is 151 cm³/mol. The van der Waals surface area contributed by atoms with Crippen LogP contribution >= 0.6 is 0 Å². The summed E-state index contributed by atoms with van der Waals surface area (Å²) in [5.41, 5.74) is 0. The van der Waals surface area contributed by atoms with Crippen molar-refractivity contribution in [2.24, 2.45) is 53.3 Å². The highest BCUT2D eigenvalue weighted by Crippen LogP contribution is 2.42. The van der Waals surface area contributed by atoms with Crippen molar-refractivity contribution in [1.82, 2.24) is 14.4 Å². The maximum absolute atomic E-state index is 3.03. The van der Waals surface area contributed by atoms with Gasteiger partial charge in [0, 0.05) is 18.1 Å². The highest BCUT2D eigenvalue weighted by Gasteiger charge is 2.54. The van der Waals surface area contributed by atoms with Crippen LogP contribution < -0.4 is 0 Å². The Morgan fingerprint density at radius 1 is 0.412 bits per heavy atom. The monoisotopic (exact) mass is 473 g/mol. The van der Waals surface area contributed by atoms with Crippen LogP contribution in [0.15, 0.2) is 0 Å². The lowest BCUT2D eigenvalue weighted by molar-refractivity contribution is 0.185. The normalized spacial score (nSPS) is 34.4. The molecule has 0 spiro atoms. The molecule has 6 unspecified atom stereocenters. The van der Waals surface area contributed by atoms with Crippen molar-refractivity contribution < 1.29 is 0 Å². The molecule has 3 rings (SSSR count). The second-order valence-corrected chi connectivity index (χ2v) is 14.6. The van der Waals surface area contributed by atoms with Gasteiger partial charge in [0.1, 0.15) is 0 Å². The molecule has 198 valence electrons. The number of rotatable bonds is 9. The van der Waals surface area contributed by atoms with Crippen molar-refractivity contribution in [1.29, 1.82) is 0 Å². The molecule has 0 radical (unpaired) electrons. The number of hydrogen-bond acceptors (Lipinski definition) is 3. The van der Waals surface area contributed by atoms with Gasteiger partial charge in [-0.25, -0.2) is 0 Å². The Bertz CT molecular complexity index is 545. The first-order valence-corrected chi connectivity index (χ1v) is 15.1. The maximum Gasteiger partial charge on any atom is 0.404 e. The van der Waals surface area contributed by atoms with E-state index in [-0.39, 0.29) is 0 Å². The SMILES string of the molecule is CC(C)C1CC(C(C)C)N(B(N2CC(C(C)C)CC2C(C)C)N2CC(C(C)C)CC2C(C)C)C1. The zero-order valence-corrected chi connectivity index (χ0v) is 25.1. The lowest BCUT2D eigenvalue weighted by Crippen LogP contribution is -2.68. The zero-order valence-electron chi connectivity index (χ0n) is 25.1. The van der Waals surface area contributed by atoms with E-state index in [9.17, 15) is 0 Å². The molecular formula is C30H60BN3. The summed E-state index contributed by atoms with van der Waals surface area (Å²) in [6, 6.07) is 2.11. The third-order valence-corrected chi connectivity index (χ3v) is 10.3. The van der Waals surface area contributed by atoms with Crippen LogP contribution in [0.4, 0.5) is 0 Å². The molecule has 3 aliphatic heterocycles. The number of hydrogen-bond donors (Lipinski definition) is 0. The summed E-state index contributed by atoms with van der Waals surface area (Å²) < 4.78 is 0. The molecule has 0 aromatic rings. The van der Waals surface area contributed by atoms with Crippen LogP contribution in [-0.4, -0.2) is 59.3 Å². The first-order chi connectivity index (χ1) is 15.8. The molecule has 0 saturated carbocycles. The van der Waals surface area contributed by atoms with Crippen molar-refractivity contribution >= 4 is 7.12 Å². The first kappa shape index (κ1) is 28.5. The van der Waals surface area contributed by atoms with Gasteiger partial charge >= 0.3 is 7.12 Å². The summed E-state index contributed by atoms with van der Waals surface area (Å²) in [7, 11) is 0.475. The predicted octanol–water partition coefficient (Wildman–Crippen LogP) is 6.98. The molecule has 3 fully saturated rings. The number of nitrogens with zero attached hydrogens (tertiary/aromatic N) is 3. The fraction of sp³-hybridized carbons (Fsp3) is 1.00. The summed E-state index contributed by atoms with van der Waals surface area (Å²) in [5.74, 6) is 6.97. The van der Waals surface area contributed by atoms with Gasteiger partial charge in [-0.2, -0.15) is 0 Å². The van der Waals surface area contributed by atoms with E-state index in [2.05, 4.69) is 97.5 Å². The standard InChI is InChI=1S/C30H60BN3/c1-19(2)25-13-28(22(7)8)32(16-25)31(33-17-26(20(3)4)14-29(33)23(9)10)34-18-27(21(5)6)15-30(34)24(11)12/h19-30H,13-18H2,1-12H3. The minimum Gasteiger partial charge on any atom is -0.310 e. The Balaban J connectivity index is 2.06. The lowest BCUT2D eigenvalue weighted by Gasteiger charge is -2.47. The third-order valence-electron chi connectivity index (χ3n) is 10.3. The molecule has 4 heteroatoms. The van der Waals surface area contributed by atoms with Crippen LogP contribution in [0.3, 0.4) is 0 Å². The Morgan fingerprint density at radius 2 is 0.647 bits per heavy atom. The van der Waals surface area contributed by atoms with Crippen molar-refractivity contribution in [3.63, 3.8) is 0 Å². The van der Waals surface area contributed by atoms with E-state index in [0.717, 1.165) is 35.5 Å². The zero-order chi connectivity index (χ0) is 25.5. The van der Waals surface area contributed by atoms with Crippen molar-refractivity contribution in [2.45, 2.75) is 120 Å². The van der Waals surface area contributed by atoms with E-state index in [1.165, 1.54) is 38.9 Å². The Kier molecular flexibility index (Phi) is 9.69. The Morgan fingerprint density at radius 3 is 0.824 bits per heavy atom. The van der Waals surface area contributed by atoms with E-state index in [0.29, 0.717) is 43.0 Å². The van der Waals surface area contributed by atoms with Gasteiger partial charge < -0.3 is 14.4 Å². The lowest BCUT2D eigenvalue weighted by atomic mass is 9.76. The third kappa shape index (κ3) is 5.91. The minimum absolute atomic E-state index is 0.475. The molecule has 6 atom stereocenters. The van der Waals surface area contributed by atoms with Crippen molar-refractivity contribution in [2.75, 3.05) is 19.6 Å². The first-order valence-electron chi connectivity index (χ1n) is 15.1. The highest BCUT2D eigenvalue weighted by molar-refractivity contribution is 6.50. The van der Waals surface area contributed by atoms with E-state index < -0.39 is 0 Å². The average molecular weight is 474 g/mol. The fourth-order valence-corrected chi connectivity index (χ4v) is 7.56. The molecule has 0 aromatic heterocycles. The van der Waals surface area contributed by atoms with Crippen LogP contribution in [0.25, 0.3) is 0 Å². The molecule has 0 aromatic carbocycles. The van der Waals surface area contributed by atoms with Crippen molar-refractivity contribution in [3.05, 3.63) is 0 Å². The van der Waals surface area contributed by atoms with Crippen LogP contribution in [0, 0.1) is 53.3 Å². The summed E-state index contributed by atoms with van der Waals surface area (Å²) in [4.78, 5) is 9.10. The molecule has 0 amide bonds. The Labute approximate surface area is 214 Å². The summed E-state index contributed by atoms with van der Waals surface area (Å²) in [6.45, 7) is 33.5. The van der Waals surface area contributed by atoms with Gasteiger partial charge in [0.15, 0.2) is 0 Å². The second-order valence-electron chi connectivity index (χ2n) is 14.6. The average Bonchev–Trinajstić information content (AvgIpc) is 3.45. The van der Waals surface area contributed by atoms with E-state index in [1.807, 2.05) is 0 Å². The van der Waals surface area contributed by atoms with Crippen LogP contribution in [-0.2, 0) is 0 Å². The highest BCUT2D eigenvalue weighted by atomic mass is 15.4. The van der Waals surface area contributed by atoms with Gasteiger partial charge in [-0.1, -0.05) is 83.1 Å². The van der Waals surface area contributed by atoms with Crippen LogP contribution in [0.2, 0.25) is 0 Å². The van der Waals surface area contributed by atoms with Crippen LogP contribution in [0.1, 0.15) is 102 Å². The van der Waals surface area contributed by atoms with E-state index in [4.69, 9.17) is 0 Å². The molecule has 3 nitrogen and oxygen atoms in total. The van der Waals surface area contributed by atoms with Gasteiger partial charge in [0.05, 0.1) is 0 Å². The molecule has 34 heavy (non-hydrogen) atoms. The Hall–Kier alpha value is -0.0551. The largest absolute Gasteiger partial charge is 0.404 e. The molecule has 3 aliphatic rings. The van der Waals surface area contributed by atoms with Crippen LogP contribution in [0.5, 0.6) is 0 Å². The van der Waals surface area contributed by atoms with Crippen molar-refractivity contribution in [3.8, 4) is 0 Å². The molecule has 0 bridgehead atoms. The van der Waals surface area contributed by atoms with E-state index >= 15 is 0 Å². The van der Waals surface area contributed by atoms with Gasteiger partial charge in [-0.3, -0.25) is 0 Å². The summed E-state index contributed by atoms with van der Waals surface area (Å²) in [5, 5.41) is 0. The smallest absolute Gasteiger partial charge is 0.310 e. The quantitative estimate of drug-likeness (QED) is 0.335. The van der Waals surface area contributed by atoms with Gasteiger partial charge in [0.2, 0.25) is 0 Å². The van der Waals surface area contributed by atoms with Gasteiger partial charge in [-0.15, -0.1) is 0 Å².